The van der Waals surface area contributed by atoms with Crippen LogP contribution in [0.4, 0.5) is 0 Å². The van der Waals surface area contributed by atoms with Crippen molar-refractivity contribution in [1.29, 1.82) is 0 Å². The summed E-state index contributed by atoms with van der Waals surface area (Å²) in [7, 11) is 0. The second-order valence-electron chi connectivity index (χ2n) is 4.68. The van der Waals surface area contributed by atoms with Gasteiger partial charge in [0.1, 0.15) is 0 Å². The molecular formula is C13H19NO3. The first kappa shape index (κ1) is 12.5. The molecule has 0 aliphatic carbocycles. The number of aliphatic hydroxyl groups excluding tert-OH is 3. The lowest BCUT2D eigenvalue weighted by molar-refractivity contribution is -0.0879. The molecule has 0 spiro atoms. The highest BCUT2D eigenvalue weighted by Crippen LogP contribution is 2.19. The van der Waals surface area contributed by atoms with Gasteiger partial charge in [0.2, 0.25) is 0 Å². The smallest absolute Gasteiger partial charge is 0.0929 e. The Labute approximate surface area is 101 Å². The Morgan fingerprint density at radius 3 is 2.47 bits per heavy atom. The molecule has 4 heteroatoms. The van der Waals surface area contributed by atoms with Crippen LogP contribution in [-0.4, -0.2) is 52.1 Å². The first-order valence-corrected chi connectivity index (χ1v) is 5.94. The molecule has 1 fully saturated rings. The van der Waals surface area contributed by atoms with E-state index in [1.165, 1.54) is 5.56 Å². The normalized spacial score (nSPS) is 30.4. The van der Waals surface area contributed by atoms with Crippen LogP contribution < -0.4 is 0 Å². The fourth-order valence-corrected chi connectivity index (χ4v) is 2.34. The van der Waals surface area contributed by atoms with E-state index in [0.29, 0.717) is 13.1 Å². The standard InChI is InChI=1S/C13H19NO3/c15-9-11-7-14(8-12(16)13(11)17)6-10-4-2-1-3-5-10/h1-5,11-13,15-17H,6-9H2. The van der Waals surface area contributed by atoms with E-state index in [-0.39, 0.29) is 12.5 Å². The number of hydrogen-bond acceptors (Lipinski definition) is 4. The van der Waals surface area contributed by atoms with Gasteiger partial charge in [0.15, 0.2) is 0 Å². The van der Waals surface area contributed by atoms with Crippen LogP contribution in [0, 0.1) is 5.92 Å². The average molecular weight is 237 g/mol. The molecule has 3 atom stereocenters. The van der Waals surface area contributed by atoms with Crippen LogP contribution >= 0.6 is 0 Å². The van der Waals surface area contributed by atoms with E-state index in [9.17, 15) is 10.2 Å². The van der Waals surface area contributed by atoms with Crippen LogP contribution in [0.25, 0.3) is 0 Å². The van der Waals surface area contributed by atoms with E-state index < -0.39 is 12.2 Å². The monoisotopic (exact) mass is 237 g/mol. The van der Waals surface area contributed by atoms with Gasteiger partial charge in [-0.3, -0.25) is 4.90 Å². The predicted molar refractivity (Wildman–Crippen MR) is 64.3 cm³/mol. The highest BCUT2D eigenvalue weighted by molar-refractivity contribution is 5.14. The lowest BCUT2D eigenvalue weighted by Gasteiger charge is -2.38. The van der Waals surface area contributed by atoms with Gasteiger partial charge in [-0.25, -0.2) is 0 Å². The van der Waals surface area contributed by atoms with Crippen molar-refractivity contribution < 1.29 is 15.3 Å². The predicted octanol–water partition coefficient (Wildman–Crippen LogP) is -0.168. The quantitative estimate of drug-likeness (QED) is 0.683. The summed E-state index contributed by atoms with van der Waals surface area (Å²) >= 11 is 0. The van der Waals surface area contributed by atoms with Crippen molar-refractivity contribution in [1.82, 2.24) is 4.90 Å². The summed E-state index contributed by atoms with van der Waals surface area (Å²) in [5.41, 5.74) is 1.17. The first-order valence-electron chi connectivity index (χ1n) is 5.94. The summed E-state index contributed by atoms with van der Waals surface area (Å²) in [5, 5.41) is 28.6. The van der Waals surface area contributed by atoms with Gasteiger partial charge in [0.25, 0.3) is 0 Å². The average Bonchev–Trinajstić information content (AvgIpc) is 2.35. The minimum Gasteiger partial charge on any atom is -0.396 e. The van der Waals surface area contributed by atoms with Crippen LogP contribution in [0.2, 0.25) is 0 Å². The van der Waals surface area contributed by atoms with E-state index >= 15 is 0 Å². The first-order chi connectivity index (χ1) is 8.20. The topological polar surface area (TPSA) is 63.9 Å². The molecule has 2 rings (SSSR count). The third kappa shape index (κ3) is 3.04. The highest BCUT2D eigenvalue weighted by atomic mass is 16.3. The molecule has 4 nitrogen and oxygen atoms in total. The summed E-state index contributed by atoms with van der Waals surface area (Å²) in [6.07, 6.45) is -1.59. The maximum absolute atomic E-state index is 9.72. The molecule has 1 heterocycles. The van der Waals surface area contributed by atoms with Crippen molar-refractivity contribution in [3.05, 3.63) is 35.9 Å². The SMILES string of the molecule is OCC1CN(Cc2ccccc2)CC(O)C1O. The summed E-state index contributed by atoms with van der Waals surface area (Å²) in [4.78, 5) is 2.06. The number of rotatable bonds is 3. The van der Waals surface area contributed by atoms with Gasteiger partial charge in [-0.15, -0.1) is 0 Å². The molecule has 0 radical (unpaired) electrons. The molecule has 1 aromatic carbocycles. The van der Waals surface area contributed by atoms with E-state index in [1.807, 2.05) is 30.3 Å². The van der Waals surface area contributed by atoms with E-state index in [4.69, 9.17) is 5.11 Å². The summed E-state index contributed by atoms with van der Waals surface area (Å²) in [5.74, 6) is -0.262. The minimum atomic E-state index is -0.813. The van der Waals surface area contributed by atoms with Gasteiger partial charge in [-0.05, 0) is 5.56 Å². The Morgan fingerprint density at radius 2 is 1.82 bits per heavy atom. The Hall–Kier alpha value is -0.940. The van der Waals surface area contributed by atoms with Crippen LogP contribution in [0.3, 0.4) is 0 Å². The summed E-state index contributed by atoms with van der Waals surface area (Å²) in [6, 6.07) is 9.99. The molecule has 0 saturated carbocycles. The number of benzene rings is 1. The Kier molecular flexibility index (Phi) is 4.12. The lowest BCUT2D eigenvalue weighted by atomic mass is 9.93. The van der Waals surface area contributed by atoms with Crippen molar-refractivity contribution in [3.63, 3.8) is 0 Å². The number of piperidine rings is 1. The van der Waals surface area contributed by atoms with Crippen molar-refractivity contribution in [2.24, 2.45) is 5.92 Å². The lowest BCUT2D eigenvalue weighted by Crippen LogP contribution is -2.53. The number of hydrogen-bond donors (Lipinski definition) is 3. The maximum Gasteiger partial charge on any atom is 0.0929 e. The highest BCUT2D eigenvalue weighted by Gasteiger charge is 2.33. The Balaban J connectivity index is 1.98. The van der Waals surface area contributed by atoms with E-state index in [1.54, 1.807) is 0 Å². The molecule has 1 saturated heterocycles. The molecule has 0 amide bonds. The maximum atomic E-state index is 9.72. The molecule has 0 bridgehead atoms. The van der Waals surface area contributed by atoms with Gasteiger partial charge in [-0.2, -0.15) is 0 Å². The van der Waals surface area contributed by atoms with E-state index in [0.717, 1.165) is 6.54 Å². The zero-order valence-corrected chi connectivity index (χ0v) is 9.74. The molecule has 3 N–H and O–H groups in total. The van der Waals surface area contributed by atoms with Crippen molar-refractivity contribution >= 4 is 0 Å². The Morgan fingerprint density at radius 1 is 1.12 bits per heavy atom. The van der Waals surface area contributed by atoms with Crippen LogP contribution in [0.1, 0.15) is 5.56 Å². The second kappa shape index (κ2) is 5.60. The van der Waals surface area contributed by atoms with E-state index in [2.05, 4.69) is 4.90 Å². The fourth-order valence-electron chi connectivity index (χ4n) is 2.34. The fraction of sp³-hybridized carbons (Fsp3) is 0.538. The zero-order valence-electron chi connectivity index (χ0n) is 9.74. The van der Waals surface area contributed by atoms with Gasteiger partial charge in [-0.1, -0.05) is 30.3 Å². The molecule has 17 heavy (non-hydrogen) atoms. The summed E-state index contributed by atoms with van der Waals surface area (Å²) < 4.78 is 0. The van der Waals surface area contributed by atoms with Crippen molar-refractivity contribution in [2.45, 2.75) is 18.8 Å². The van der Waals surface area contributed by atoms with Gasteiger partial charge in [0, 0.05) is 32.2 Å². The number of nitrogens with zero attached hydrogens (tertiary/aromatic N) is 1. The molecule has 1 aliphatic heterocycles. The second-order valence-corrected chi connectivity index (χ2v) is 4.68. The number of likely N-dealkylation sites (tertiary alicyclic amines) is 1. The third-order valence-corrected chi connectivity index (χ3v) is 3.30. The summed E-state index contributed by atoms with van der Waals surface area (Å²) in [6.45, 7) is 1.71. The molecule has 1 aliphatic rings. The van der Waals surface area contributed by atoms with Crippen LogP contribution in [0.15, 0.2) is 30.3 Å². The van der Waals surface area contributed by atoms with Gasteiger partial charge < -0.3 is 15.3 Å². The van der Waals surface area contributed by atoms with Crippen molar-refractivity contribution in [2.75, 3.05) is 19.7 Å². The largest absolute Gasteiger partial charge is 0.396 e. The molecule has 1 aromatic rings. The Bertz CT molecular complexity index is 344. The minimum absolute atomic E-state index is 0.0937. The van der Waals surface area contributed by atoms with Crippen molar-refractivity contribution in [3.8, 4) is 0 Å². The third-order valence-electron chi connectivity index (χ3n) is 3.30. The molecule has 94 valence electrons. The number of β-amino-alcohol motifs (C(OH)–C–C–N with tert-alkyl or cyclic N) is 1. The molecular weight excluding hydrogens is 218 g/mol. The zero-order chi connectivity index (χ0) is 12.3. The van der Waals surface area contributed by atoms with Crippen LogP contribution in [0.5, 0.6) is 0 Å². The number of aliphatic hydroxyl groups is 3. The molecule has 3 unspecified atom stereocenters. The van der Waals surface area contributed by atoms with Crippen LogP contribution in [-0.2, 0) is 6.54 Å². The molecule has 0 aromatic heterocycles. The van der Waals surface area contributed by atoms with Gasteiger partial charge >= 0.3 is 0 Å². The van der Waals surface area contributed by atoms with Gasteiger partial charge in [0.05, 0.1) is 12.2 Å².